The number of nitrogens with zero attached hydrogens (tertiary/aromatic N) is 3. The summed E-state index contributed by atoms with van der Waals surface area (Å²) >= 11 is 9.07. The molecule has 2 rings (SSSR count). The van der Waals surface area contributed by atoms with E-state index in [0.717, 1.165) is 11.5 Å². The molecule has 6 heteroatoms. The average molecular weight is 277 g/mol. The highest BCUT2D eigenvalue weighted by Crippen LogP contribution is 2.16. The van der Waals surface area contributed by atoms with Gasteiger partial charge in [0.15, 0.2) is 5.76 Å². The standard InChI is InChI=1S/C8H7BrClN3O/c1-5-7(10)3-11-13(5)4-6-2-8(9)12-14-6/h2-3H,4H2,1H3. The summed E-state index contributed by atoms with van der Waals surface area (Å²) in [5.41, 5.74) is 0.916. The highest BCUT2D eigenvalue weighted by atomic mass is 79.9. The molecule has 0 aromatic carbocycles. The van der Waals surface area contributed by atoms with E-state index in [-0.39, 0.29) is 0 Å². The third-order valence-electron chi connectivity index (χ3n) is 1.88. The van der Waals surface area contributed by atoms with Gasteiger partial charge in [0.05, 0.1) is 16.9 Å². The lowest BCUT2D eigenvalue weighted by molar-refractivity contribution is 0.367. The van der Waals surface area contributed by atoms with Crippen LogP contribution >= 0.6 is 27.5 Å². The van der Waals surface area contributed by atoms with Gasteiger partial charge in [0.1, 0.15) is 11.1 Å². The summed E-state index contributed by atoms with van der Waals surface area (Å²) in [4.78, 5) is 0. The van der Waals surface area contributed by atoms with Crippen molar-refractivity contribution in [3.05, 3.63) is 33.3 Å². The predicted octanol–water partition coefficient (Wildman–Crippen LogP) is 2.64. The van der Waals surface area contributed by atoms with Gasteiger partial charge in [0, 0.05) is 6.07 Å². The quantitative estimate of drug-likeness (QED) is 0.847. The molecular formula is C8H7BrClN3O. The van der Waals surface area contributed by atoms with Crippen LogP contribution in [0.5, 0.6) is 0 Å². The third kappa shape index (κ3) is 1.83. The van der Waals surface area contributed by atoms with E-state index in [1.54, 1.807) is 16.9 Å². The molecule has 14 heavy (non-hydrogen) atoms. The molecule has 2 aromatic heterocycles. The fraction of sp³-hybridized carbons (Fsp3) is 0.250. The summed E-state index contributed by atoms with van der Waals surface area (Å²) in [7, 11) is 0. The summed E-state index contributed by atoms with van der Waals surface area (Å²) in [5, 5.41) is 8.47. The zero-order valence-corrected chi connectivity index (χ0v) is 9.71. The van der Waals surface area contributed by atoms with Crippen LogP contribution in [0.15, 0.2) is 21.4 Å². The fourth-order valence-corrected chi connectivity index (χ4v) is 1.56. The van der Waals surface area contributed by atoms with Crippen molar-refractivity contribution < 1.29 is 4.52 Å². The first-order valence-electron chi connectivity index (χ1n) is 3.96. The SMILES string of the molecule is Cc1c(Cl)cnn1Cc1cc(Br)no1. The molecule has 0 bridgehead atoms. The van der Waals surface area contributed by atoms with Crippen LogP contribution in [-0.2, 0) is 6.54 Å². The van der Waals surface area contributed by atoms with E-state index in [0.29, 0.717) is 16.2 Å². The smallest absolute Gasteiger partial charge is 0.159 e. The maximum absolute atomic E-state index is 5.86. The lowest BCUT2D eigenvalue weighted by Gasteiger charge is -1.99. The van der Waals surface area contributed by atoms with Crippen LogP contribution in [0.2, 0.25) is 5.02 Å². The second kappa shape index (κ2) is 3.74. The van der Waals surface area contributed by atoms with Crippen molar-refractivity contribution in [3.8, 4) is 0 Å². The first-order valence-corrected chi connectivity index (χ1v) is 5.13. The Bertz CT molecular complexity index is 451. The maximum atomic E-state index is 5.86. The van der Waals surface area contributed by atoms with Gasteiger partial charge in [-0.1, -0.05) is 16.8 Å². The predicted molar refractivity (Wildman–Crippen MR) is 55.3 cm³/mol. The van der Waals surface area contributed by atoms with E-state index in [4.69, 9.17) is 16.1 Å². The molecule has 0 fully saturated rings. The summed E-state index contributed by atoms with van der Waals surface area (Å²) in [6, 6.07) is 1.80. The molecule has 4 nitrogen and oxygen atoms in total. The summed E-state index contributed by atoms with van der Waals surface area (Å²) in [6.45, 7) is 2.44. The molecule has 0 saturated carbocycles. The molecule has 0 aliphatic carbocycles. The van der Waals surface area contributed by atoms with Crippen LogP contribution in [0.25, 0.3) is 0 Å². The number of hydrogen-bond acceptors (Lipinski definition) is 3. The molecule has 0 radical (unpaired) electrons. The van der Waals surface area contributed by atoms with Crippen molar-refractivity contribution in [1.82, 2.24) is 14.9 Å². The van der Waals surface area contributed by atoms with Crippen LogP contribution in [-0.4, -0.2) is 14.9 Å². The number of rotatable bonds is 2. The van der Waals surface area contributed by atoms with Gasteiger partial charge in [0.25, 0.3) is 0 Å². The molecule has 0 N–H and O–H groups in total. The van der Waals surface area contributed by atoms with Crippen molar-refractivity contribution >= 4 is 27.5 Å². The minimum absolute atomic E-state index is 0.539. The Labute approximate surface area is 94.0 Å². The maximum Gasteiger partial charge on any atom is 0.159 e. The van der Waals surface area contributed by atoms with Gasteiger partial charge in [-0.25, -0.2) is 0 Å². The molecule has 0 saturated heterocycles. The first-order chi connectivity index (χ1) is 6.66. The largest absolute Gasteiger partial charge is 0.358 e. The molecular weight excluding hydrogens is 269 g/mol. The number of halogens is 2. The monoisotopic (exact) mass is 275 g/mol. The van der Waals surface area contributed by atoms with Crippen LogP contribution in [0.3, 0.4) is 0 Å². The molecule has 74 valence electrons. The van der Waals surface area contributed by atoms with E-state index in [9.17, 15) is 0 Å². The summed E-state index contributed by atoms with van der Waals surface area (Å²) < 4.78 is 7.47. The van der Waals surface area contributed by atoms with Crippen molar-refractivity contribution in [3.63, 3.8) is 0 Å². The summed E-state index contributed by atoms with van der Waals surface area (Å²) in [6.07, 6.45) is 1.61. The van der Waals surface area contributed by atoms with Crippen LogP contribution < -0.4 is 0 Å². The topological polar surface area (TPSA) is 43.9 Å². The second-order valence-corrected chi connectivity index (χ2v) is 4.07. The van der Waals surface area contributed by atoms with E-state index in [2.05, 4.69) is 26.2 Å². The second-order valence-electron chi connectivity index (χ2n) is 2.85. The molecule has 0 spiro atoms. The van der Waals surface area contributed by atoms with Crippen molar-refractivity contribution in [1.29, 1.82) is 0 Å². The zero-order valence-electron chi connectivity index (χ0n) is 7.37. The van der Waals surface area contributed by atoms with E-state index in [1.807, 2.05) is 6.92 Å². The van der Waals surface area contributed by atoms with Gasteiger partial charge in [-0.15, -0.1) is 0 Å². The van der Waals surface area contributed by atoms with Gasteiger partial charge >= 0.3 is 0 Å². The number of aromatic nitrogens is 3. The van der Waals surface area contributed by atoms with Crippen LogP contribution in [0.1, 0.15) is 11.5 Å². The van der Waals surface area contributed by atoms with Gasteiger partial charge in [-0.2, -0.15) is 5.10 Å². The Morgan fingerprint density at radius 3 is 2.93 bits per heavy atom. The van der Waals surface area contributed by atoms with Crippen molar-refractivity contribution in [2.45, 2.75) is 13.5 Å². The van der Waals surface area contributed by atoms with Crippen LogP contribution in [0, 0.1) is 6.92 Å². The minimum atomic E-state index is 0.539. The molecule has 0 atom stereocenters. The van der Waals surface area contributed by atoms with E-state index >= 15 is 0 Å². The van der Waals surface area contributed by atoms with Gasteiger partial charge < -0.3 is 4.52 Å². The molecule has 0 unspecified atom stereocenters. The third-order valence-corrected chi connectivity index (χ3v) is 2.62. The van der Waals surface area contributed by atoms with Gasteiger partial charge in [-0.3, -0.25) is 4.68 Å². The lowest BCUT2D eigenvalue weighted by atomic mass is 10.4. The highest BCUT2D eigenvalue weighted by molar-refractivity contribution is 9.10. The first kappa shape index (κ1) is 9.73. The van der Waals surface area contributed by atoms with E-state index in [1.165, 1.54) is 0 Å². The Hall–Kier alpha value is -0.810. The average Bonchev–Trinajstić information content (AvgIpc) is 2.67. The molecule has 2 aromatic rings. The van der Waals surface area contributed by atoms with Gasteiger partial charge in [0.2, 0.25) is 0 Å². The fourth-order valence-electron chi connectivity index (χ4n) is 1.09. The van der Waals surface area contributed by atoms with Crippen molar-refractivity contribution in [2.24, 2.45) is 0 Å². The summed E-state index contributed by atoms with van der Waals surface area (Å²) in [5.74, 6) is 0.736. The zero-order chi connectivity index (χ0) is 10.1. The Morgan fingerprint density at radius 1 is 1.64 bits per heavy atom. The van der Waals surface area contributed by atoms with Crippen molar-refractivity contribution in [2.75, 3.05) is 0 Å². The van der Waals surface area contributed by atoms with E-state index < -0.39 is 0 Å². The Balaban J connectivity index is 2.22. The molecule has 0 aliphatic heterocycles. The van der Waals surface area contributed by atoms with Crippen LogP contribution in [0.4, 0.5) is 0 Å². The lowest BCUT2D eigenvalue weighted by Crippen LogP contribution is -2.02. The van der Waals surface area contributed by atoms with Gasteiger partial charge in [-0.05, 0) is 22.9 Å². The highest BCUT2D eigenvalue weighted by Gasteiger charge is 2.07. The number of hydrogen-bond donors (Lipinski definition) is 0. The normalized spacial score (nSPS) is 10.8. The minimum Gasteiger partial charge on any atom is -0.358 e. The molecule has 0 aliphatic rings. The molecule has 0 amide bonds. The Kier molecular flexibility index (Phi) is 2.60. The Morgan fingerprint density at radius 2 is 2.43 bits per heavy atom. The molecule has 2 heterocycles.